The number of carbonyl (C=O) groups excluding carboxylic acids is 3. The quantitative estimate of drug-likeness (QED) is 0.543. The molecule has 0 atom stereocenters. The highest BCUT2D eigenvalue weighted by molar-refractivity contribution is 6.45. The number of hydrogen-bond acceptors (Lipinski definition) is 3. The number of fused-ring (bicyclic) bond motifs is 1. The van der Waals surface area contributed by atoms with Crippen molar-refractivity contribution in [2.45, 2.75) is 32.2 Å². The Balaban J connectivity index is 1.72. The summed E-state index contributed by atoms with van der Waals surface area (Å²) in [6.07, 6.45) is 1.08. The molecule has 0 aliphatic carbocycles. The Morgan fingerprint density at radius 3 is 2.35 bits per heavy atom. The van der Waals surface area contributed by atoms with Crippen molar-refractivity contribution in [2.75, 3.05) is 18.4 Å². The number of amides is 3. The lowest BCUT2D eigenvalue weighted by atomic mass is 9.80. The number of benzene rings is 2. The second-order valence-electron chi connectivity index (χ2n) is 8.69. The molecule has 3 amide bonds. The van der Waals surface area contributed by atoms with Gasteiger partial charge in [-0.1, -0.05) is 35.3 Å². The van der Waals surface area contributed by atoms with Crippen LogP contribution in [0.15, 0.2) is 42.5 Å². The van der Waals surface area contributed by atoms with E-state index in [1.807, 2.05) is 31.3 Å². The summed E-state index contributed by atoms with van der Waals surface area (Å²) >= 11 is 12.6. The molecule has 2 heterocycles. The van der Waals surface area contributed by atoms with Gasteiger partial charge in [-0.25, -0.2) is 0 Å². The molecule has 7 nitrogen and oxygen atoms in total. The Labute approximate surface area is 208 Å². The van der Waals surface area contributed by atoms with Gasteiger partial charge in [-0.2, -0.15) is 0 Å². The maximum Gasteiger partial charge on any atom is 0.268 e. The molecule has 0 unspecified atom stereocenters. The van der Waals surface area contributed by atoms with E-state index in [2.05, 4.69) is 10.6 Å². The first-order chi connectivity index (χ1) is 16.1. The van der Waals surface area contributed by atoms with Crippen LogP contribution in [0, 0.1) is 0 Å². The number of nitrogens with zero attached hydrogens (tertiary/aromatic N) is 2. The lowest BCUT2D eigenvalue weighted by Crippen LogP contribution is -2.54. The average molecular weight is 501 g/mol. The lowest BCUT2D eigenvalue weighted by molar-refractivity contribution is -0.130. The van der Waals surface area contributed by atoms with Crippen molar-refractivity contribution in [3.63, 3.8) is 0 Å². The standard InChI is InChI=1S/C25H26Cl2N4O3/c1-15(32)28-18-6-4-5-17(13-18)25(9-11-31(12-10-25)16(2)33)29-24(34)22-14-19-21(30(22)3)8-7-20(26)23(19)27/h4-8,13-14H,9-12H2,1-3H3,(H,28,32)(H,29,34). The van der Waals surface area contributed by atoms with E-state index in [0.29, 0.717) is 52.7 Å². The van der Waals surface area contributed by atoms with Crippen molar-refractivity contribution < 1.29 is 14.4 Å². The number of nitrogens with one attached hydrogen (secondary N) is 2. The highest BCUT2D eigenvalue weighted by Crippen LogP contribution is 2.36. The summed E-state index contributed by atoms with van der Waals surface area (Å²) in [6, 6.07) is 12.8. The van der Waals surface area contributed by atoms with Crippen LogP contribution < -0.4 is 10.6 Å². The van der Waals surface area contributed by atoms with Gasteiger partial charge >= 0.3 is 0 Å². The summed E-state index contributed by atoms with van der Waals surface area (Å²) in [6.45, 7) is 4.02. The highest BCUT2D eigenvalue weighted by atomic mass is 35.5. The molecule has 0 spiro atoms. The molecule has 1 aliphatic heterocycles. The number of hydrogen-bond donors (Lipinski definition) is 2. The van der Waals surface area contributed by atoms with Gasteiger partial charge in [0.05, 0.1) is 15.6 Å². The largest absolute Gasteiger partial charge is 0.343 e. The minimum atomic E-state index is -0.713. The summed E-state index contributed by atoms with van der Waals surface area (Å²) in [5, 5.41) is 7.59. The number of aryl methyl sites for hydroxylation is 1. The zero-order chi connectivity index (χ0) is 24.6. The number of piperidine rings is 1. The van der Waals surface area contributed by atoms with E-state index in [-0.39, 0.29) is 17.7 Å². The van der Waals surface area contributed by atoms with E-state index in [9.17, 15) is 14.4 Å². The number of rotatable bonds is 4. The summed E-state index contributed by atoms with van der Waals surface area (Å²) in [7, 11) is 1.81. The first kappa shape index (κ1) is 24.1. The predicted molar refractivity (Wildman–Crippen MR) is 134 cm³/mol. The Kier molecular flexibility index (Phi) is 6.60. The van der Waals surface area contributed by atoms with E-state index in [0.717, 1.165) is 11.1 Å². The fourth-order valence-corrected chi connectivity index (χ4v) is 5.01. The maximum absolute atomic E-state index is 13.6. The Morgan fingerprint density at radius 1 is 1.00 bits per heavy atom. The number of likely N-dealkylation sites (tertiary alicyclic amines) is 1. The van der Waals surface area contributed by atoms with Crippen molar-refractivity contribution in [3.8, 4) is 0 Å². The maximum atomic E-state index is 13.6. The topological polar surface area (TPSA) is 83.4 Å². The molecule has 0 saturated carbocycles. The van der Waals surface area contributed by atoms with Gasteiger partial charge in [0.15, 0.2) is 0 Å². The first-order valence-electron chi connectivity index (χ1n) is 11.0. The third-order valence-corrected chi connectivity index (χ3v) is 7.32. The molecule has 0 radical (unpaired) electrons. The highest BCUT2D eigenvalue weighted by Gasteiger charge is 2.39. The predicted octanol–water partition coefficient (Wildman–Crippen LogP) is 4.71. The van der Waals surface area contributed by atoms with Crippen molar-refractivity contribution in [2.24, 2.45) is 7.05 Å². The molecule has 0 bridgehead atoms. The third kappa shape index (κ3) is 4.50. The molecule has 4 rings (SSSR count). The van der Waals surface area contributed by atoms with E-state index in [1.54, 1.807) is 34.6 Å². The zero-order valence-electron chi connectivity index (χ0n) is 19.2. The van der Waals surface area contributed by atoms with Crippen LogP contribution in [-0.4, -0.2) is 40.3 Å². The van der Waals surface area contributed by atoms with Gasteiger partial charge in [0.1, 0.15) is 5.69 Å². The van der Waals surface area contributed by atoms with Crippen molar-refractivity contribution in [1.82, 2.24) is 14.8 Å². The monoisotopic (exact) mass is 500 g/mol. The molecule has 1 aromatic heterocycles. The van der Waals surface area contributed by atoms with Crippen LogP contribution >= 0.6 is 23.2 Å². The zero-order valence-corrected chi connectivity index (χ0v) is 20.8. The smallest absolute Gasteiger partial charge is 0.268 e. The minimum Gasteiger partial charge on any atom is -0.343 e. The van der Waals surface area contributed by atoms with Crippen LogP contribution in [-0.2, 0) is 22.2 Å². The van der Waals surface area contributed by atoms with Crippen LogP contribution in [0.1, 0.15) is 42.7 Å². The molecule has 9 heteroatoms. The fraction of sp³-hybridized carbons (Fsp3) is 0.320. The molecule has 2 N–H and O–H groups in total. The molecule has 3 aromatic rings. The SMILES string of the molecule is CC(=O)Nc1cccc(C2(NC(=O)c3cc4c(Cl)c(Cl)ccc4n3C)CCN(C(C)=O)CC2)c1. The lowest BCUT2D eigenvalue weighted by Gasteiger charge is -2.42. The minimum absolute atomic E-state index is 0.00660. The number of carbonyl (C=O) groups is 3. The summed E-state index contributed by atoms with van der Waals surface area (Å²) in [4.78, 5) is 38.9. The van der Waals surface area contributed by atoms with Gasteiger partial charge in [0, 0.05) is 50.6 Å². The third-order valence-electron chi connectivity index (χ3n) is 6.50. The first-order valence-corrected chi connectivity index (χ1v) is 11.8. The van der Waals surface area contributed by atoms with E-state index in [1.165, 1.54) is 6.92 Å². The molecule has 2 aromatic carbocycles. The molecule has 1 aliphatic rings. The van der Waals surface area contributed by atoms with Crippen molar-refractivity contribution in [3.05, 3.63) is 63.8 Å². The van der Waals surface area contributed by atoms with E-state index in [4.69, 9.17) is 23.2 Å². The van der Waals surface area contributed by atoms with Crippen molar-refractivity contribution in [1.29, 1.82) is 0 Å². The van der Waals surface area contributed by atoms with Crippen LogP contribution in [0.4, 0.5) is 5.69 Å². The summed E-state index contributed by atoms with van der Waals surface area (Å²) in [5.41, 5.74) is 2.06. The van der Waals surface area contributed by atoms with Gasteiger partial charge in [0.25, 0.3) is 5.91 Å². The number of anilines is 1. The summed E-state index contributed by atoms with van der Waals surface area (Å²) < 4.78 is 1.79. The van der Waals surface area contributed by atoms with Crippen LogP contribution in [0.2, 0.25) is 10.0 Å². The number of aromatic nitrogens is 1. The summed E-state index contributed by atoms with van der Waals surface area (Å²) in [5.74, 6) is -0.424. The fourth-order valence-electron chi connectivity index (χ4n) is 4.64. The second-order valence-corrected chi connectivity index (χ2v) is 9.47. The number of halogens is 2. The van der Waals surface area contributed by atoms with Gasteiger partial charge in [0.2, 0.25) is 11.8 Å². The molecular weight excluding hydrogens is 475 g/mol. The van der Waals surface area contributed by atoms with Gasteiger partial charge in [-0.05, 0) is 48.7 Å². The Bertz CT molecular complexity index is 1290. The molecular formula is C25H26Cl2N4O3. The van der Waals surface area contributed by atoms with E-state index < -0.39 is 5.54 Å². The van der Waals surface area contributed by atoms with Crippen LogP contribution in [0.5, 0.6) is 0 Å². The van der Waals surface area contributed by atoms with E-state index >= 15 is 0 Å². The Hall–Kier alpha value is -3.03. The van der Waals surface area contributed by atoms with Crippen LogP contribution in [0.3, 0.4) is 0 Å². The normalized spacial score (nSPS) is 15.3. The molecule has 1 saturated heterocycles. The Morgan fingerprint density at radius 2 is 1.71 bits per heavy atom. The molecule has 34 heavy (non-hydrogen) atoms. The average Bonchev–Trinajstić information content (AvgIpc) is 3.13. The van der Waals surface area contributed by atoms with Crippen molar-refractivity contribution >= 4 is 57.5 Å². The molecule has 178 valence electrons. The van der Waals surface area contributed by atoms with Gasteiger partial charge in [-0.15, -0.1) is 0 Å². The second kappa shape index (κ2) is 9.31. The van der Waals surface area contributed by atoms with Gasteiger partial charge < -0.3 is 20.1 Å². The van der Waals surface area contributed by atoms with Crippen LogP contribution in [0.25, 0.3) is 10.9 Å². The molecule has 1 fully saturated rings. The van der Waals surface area contributed by atoms with Gasteiger partial charge in [-0.3, -0.25) is 14.4 Å².